The van der Waals surface area contributed by atoms with Crippen molar-refractivity contribution in [2.75, 3.05) is 4.90 Å². The molecule has 0 spiro atoms. The number of nitrogens with zero attached hydrogens (tertiary/aromatic N) is 2. The molecule has 1 aromatic carbocycles. The quantitative estimate of drug-likeness (QED) is 0.447. The maximum Gasteiger partial charge on any atom is 0.289 e. The van der Waals surface area contributed by atoms with Gasteiger partial charge in [-0.25, -0.2) is 4.90 Å². The lowest BCUT2D eigenvalue weighted by molar-refractivity contribution is -0.384. The fraction of sp³-hybridized carbons (Fsp3) is 0.375. The number of Topliss-reactive ketones (excluding diaryl/α,β-unsaturated/α-hetero) is 2. The Balaban J connectivity index is 1.79. The number of ketones is 2. The minimum absolute atomic E-state index is 0.0156. The van der Waals surface area contributed by atoms with Gasteiger partial charge in [0, 0.05) is 30.7 Å². The molecule has 4 fully saturated rings. The minimum atomic E-state index is -0.855. The van der Waals surface area contributed by atoms with Crippen molar-refractivity contribution in [1.29, 1.82) is 0 Å². The first kappa shape index (κ1) is 15.9. The Hall–Kier alpha value is -2.61. The highest BCUT2D eigenvalue weighted by molar-refractivity contribution is 6.33. The van der Waals surface area contributed by atoms with Crippen molar-refractivity contribution in [2.24, 2.45) is 23.7 Å². The van der Waals surface area contributed by atoms with Gasteiger partial charge in [0.2, 0.25) is 11.8 Å². The summed E-state index contributed by atoms with van der Waals surface area (Å²) in [6.07, 6.45) is -0.0312. The predicted molar refractivity (Wildman–Crippen MR) is 83.8 cm³/mol. The summed E-state index contributed by atoms with van der Waals surface area (Å²) in [6.45, 7) is 0. The van der Waals surface area contributed by atoms with Crippen LogP contribution in [-0.4, -0.2) is 28.3 Å². The van der Waals surface area contributed by atoms with E-state index in [9.17, 15) is 29.3 Å². The van der Waals surface area contributed by atoms with E-state index in [0.717, 1.165) is 11.0 Å². The van der Waals surface area contributed by atoms with E-state index in [0.29, 0.717) is 0 Å². The summed E-state index contributed by atoms with van der Waals surface area (Å²) in [5.74, 6) is -4.76. The van der Waals surface area contributed by atoms with Gasteiger partial charge in [0.05, 0.1) is 22.4 Å². The molecule has 9 heteroatoms. The van der Waals surface area contributed by atoms with E-state index < -0.39 is 46.1 Å². The maximum absolute atomic E-state index is 12.8. The van der Waals surface area contributed by atoms with Crippen LogP contribution in [-0.2, 0) is 19.2 Å². The molecule has 2 bridgehead atoms. The number of hydrogen-bond acceptors (Lipinski definition) is 6. The van der Waals surface area contributed by atoms with Gasteiger partial charge in [0.15, 0.2) is 0 Å². The van der Waals surface area contributed by atoms with Crippen LogP contribution in [0.3, 0.4) is 0 Å². The van der Waals surface area contributed by atoms with Gasteiger partial charge in [-0.1, -0.05) is 11.6 Å². The first-order valence-electron chi connectivity index (χ1n) is 7.68. The number of hydrogen-bond donors (Lipinski definition) is 0. The number of imide groups is 1. The van der Waals surface area contributed by atoms with Crippen molar-refractivity contribution in [3.8, 4) is 0 Å². The predicted octanol–water partition coefficient (Wildman–Crippen LogP) is 1.53. The number of nitro benzene ring substituents is 1. The Morgan fingerprint density at radius 3 is 2.00 bits per heavy atom. The molecule has 3 saturated carbocycles. The van der Waals surface area contributed by atoms with Crippen molar-refractivity contribution < 1.29 is 24.1 Å². The zero-order chi connectivity index (χ0) is 18.0. The Bertz CT molecular complexity index is 841. The van der Waals surface area contributed by atoms with Crippen molar-refractivity contribution in [3.63, 3.8) is 0 Å². The molecular weight excluding hydrogens is 352 g/mol. The number of fused-ring (bicyclic) bond motifs is 2. The van der Waals surface area contributed by atoms with Gasteiger partial charge in [0.25, 0.3) is 5.69 Å². The van der Waals surface area contributed by atoms with Crippen molar-refractivity contribution in [3.05, 3.63) is 33.3 Å². The summed E-state index contributed by atoms with van der Waals surface area (Å²) in [5.41, 5.74) is -0.399. The summed E-state index contributed by atoms with van der Waals surface area (Å²) in [5, 5.41) is 10.9. The average molecular weight is 363 g/mol. The first-order chi connectivity index (χ1) is 11.8. The number of benzene rings is 1. The average Bonchev–Trinajstić information content (AvgIpc) is 2.82. The van der Waals surface area contributed by atoms with Crippen molar-refractivity contribution in [2.45, 2.75) is 12.8 Å². The lowest BCUT2D eigenvalue weighted by atomic mass is 9.58. The third kappa shape index (κ3) is 2.07. The second-order valence-corrected chi connectivity index (χ2v) is 6.92. The smallest absolute Gasteiger partial charge is 0.289 e. The Morgan fingerprint density at radius 1 is 1.00 bits per heavy atom. The second-order valence-electron chi connectivity index (χ2n) is 6.51. The summed E-state index contributed by atoms with van der Waals surface area (Å²) in [6, 6.07) is 3.64. The molecule has 0 N–H and O–H groups in total. The number of anilines is 1. The van der Waals surface area contributed by atoms with Crippen LogP contribution in [0.25, 0.3) is 0 Å². The summed E-state index contributed by atoms with van der Waals surface area (Å²) < 4.78 is 0. The molecular formula is C16H11ClN2O6. The highest BCUT2D eigenvalue weighted by atomic mass is 35.5. The lowest BCUT2D eigenvalue weighted by Crippen LogP contribution is -2.51. The SMILES string of the molecule is O=C1C[C@H]2C(=O)C[C@@H]1[C@@H]1C(=O)N(c3ccc(Cl)c([N+](=O)[O-])c3)C(=O)[C@@H]12. The van der Waals surface area contributed by atoms with Crippen LogP contribution < -0.4 is 4.90 Å². The molecule has 3 aliphatic carbocycles. The van der Waals surface area contributed by atoms with Crippen LogP contribution in [0.15, 0.2) is 18.2 Å². The molecule has 1 aromatic rings. The molecule has 2 amide bonds. The standard InChI is InChI=1S/C16H11ClN2O6/c17-9-2-1-6(3-10(9)19(24)25)18-15(22)13-7-4-11(20)8(5-12(7)21)14(13)16(18)23/h1-3,7-8,13-14H,4-5H2/t7-,8-,13-,14+/m0/s1. The van der Waals surface area contributed by atoms with Crippen molar-refractivity contribution in [1.82, 2.24) is 0 Å². The Labute approximate surface area is 145 Å². The largest absolute Gasteiger partial charge is 0.299 e. The fourth-order valence-electron chi connectivity index (χ4n) is 4.21. The van der Waals surface area contributed by atoms with E-state index in [1.165, 1.54) is 12.1 Å². The summed E-state index contributed by atoms with van der Waals surface area (Å²) in [4.78, 5) is 61.0. The van der Waals surface area contributed by atoms with Crippen LogP contribution in [0.5, 0.6) is 0 Å². The van der Waals surface area contributed by atoms with Gasteiger partial charge < -0.3 is 0 Å². The monoisotopic (exact) mass is 362 g/mol. The van der Waals surface area contributed by atoms with E-state index in [4.69, 9.17) is 11.6 Å². The molecule has 1 aliphatic heterocycles. The molecule has 8 nitrogen and oxygen atoms in total. The molecule has 1 heterocycles. The zero-order valence-corrected chi connectivity index (χ0v) is 13.4. The fourth-order valence-corrected chi connectivity index (χ4v) is 4.40. The maximum atomic E-state index is 12.8. The number of carbonyl (C=O) groups excluding carboxylic acids is 4. The third-order valence-corrected chi connectivity index (χ3v) is 5.64. The lowest BCUT2D eigenvalue weighted by Gasteiger charge is -2.40. The topological polar surface area (TPSA) is 115 Å². The van der Waals surface area contributed by atoms with E-state index in [1.807, 2.05) is 0 Å². The third-order valence-electron chi connectivity index (χ3n) is 5.32. The minimum Gasteiger partial charge on any atom is -0.299 e. The van der Waals surface area contributed by atoms with Crippen LogP contribution in [0.1, 0.15) is 12.8 Å². The van der Waals surface area contributed by atoms with E-state index in [2.05, 4.69) is 0 Å². The molecule has 0 radical (unpaired) electrons. The van der Waals surface area contributed by atoms with Gasteiger partial charge in [-0.15, -0.1) is 0 Å². The normalized spacial score (nSPS) is 30.8. The Morgan fingerprint density at radius 2 is 1.52 bits per heavy atom. The molecule has 5 rings (SSSR count). The Kier molecular flexibility index (Phi) is 3.30. The second kappa shape index (κ2) is 5.19. The molecule has 4 aliphatic rings. The molecule has 1 saturated heterocycles. The highest BCUT2D eigenvalue weighted by Crippen LogP contribution is 2.51. The molecule has 0 aromatic heterocycles. The van der Waals surface area contributed by atoms with E-state index in [1.54, 1.807) is 0 Å². The number of amides is 2. The summed E-state index contributed by atoms with van der Waals surface area (Å²) in [7, 11) is 0. The summed E-state index contributed by atoms with van der Waals surface area (Å²) >= 11 is 5.77. The number of rotatable bonds is 2. The molecule has 0 unspecified atom stereocenters. The molecule has 25 heavy (non-hydrogen) atoms. The van der Waals surface area contributed by atoms with Gasteiger partial charge in [-0.3, -0.25) is 29.3 Å². The number of nitro groups is 1. The van der Waals surface area contributed by atoms with Crippen LogP contribution in [0.2, 0.25) is 5.02 Å². The highest BCUT2D eigenvalue weighted by Gasteiger charge is 2.63. The molecule has 128 valence electrons. The van der Waals surface area contributed by atoms with Crippen LogP contribution in [0, 0.1) is 33.8 Å². The zero-order valence-electron chi connectivity index (χ0n) is 12.7. The van der Waals surface area contributed by atoms with Crippen LogP contribution >= 0.6 is 11.6 Å². The van der Waals surface area contributed by atoms with Gasteiger partial charge in [0.1, 0.15) is 16.6 Å². The van der Waals surface area contributed by atoms with Gasteiger partial charge >= 0.3 is 0 Å². The van der Waals surface area contributed by atoms with E-state index in [-0.39, 0.29) is 35.1 Å². The van der Waals surface area contributed by atoms with Crippen molar-refractivity contribution >= 4 is 46.4 Å². The van der Waals surface area contributed by atoms with Gasteiger partial charge in [-0.2, -0.15) is 0 Å². The van der Waals surface area contributed by atoms with E-state index >= 15 is 0 Å². The number of halogens is 1. The van der Waals surface area contributed by atoms with Gasteiger partial charge in [-0.05, 0) is 12.1 Å². The molecule has 4 atom stereocenters. The number of carbonyl (C=O) groups is 4. The van der Waals surface area contributed by atoms with Crippen LogP contribution in [0.4, 0.5) is 11.4 Å². The first-order valence-corrected chi connectivity index (χ1v) is 8.06.